The van der Waals surface area contributed by atoms with Gasteiger partial charge in [0.25, 0.3) is 0 Å². The highest BCUT2D eigenvalue weighted by Gasteiger charge is 2.07. The highest BCUT2D eigenvalue weighted by molar-refractivity contribution is 6.00. The fourth-order valence-corrected chi connectivity index (χ4v) is 1.90. The number of nitrogens with one attached hydrogen (secondary N) is 1. The summed E-state index contributed by atoms with van der Waals surface area (Å²) in [6.45, 7) is 0. The summed E-state index contributed by atoms with van der Waals surface area (Å²) < 4.78 is 9.62. The topological polar surface area (TPSA) is 125 Å². The maximum Gasteiger partial charge on any atom is 0.437 e. The van der Waals surface area contributed by atoms with Crippen LogP contribution in [-0.4, -0.2) is 29.4 Å². The molecule has 24 heavy (non-hydrogen) atoms. The standard InChI is InChI=1S/C15H13N5O4/c1-22-11-5-3-10(4-6-11)17-15(21)23-20-14(16)9-2-7-12-13(8-9)19-24-18-12/h2-8H,1H3,(H2,16,20)(H,17,21). The number of nitrogens with zero attached hydrogens (tertiary/aromatic N) is 3. The minimum absolute atomic E-state index is 0.0183. The van der Waals surface area contributed by atoms with Crippen molar-refractivity contribution in [2.45, 2.75) is 0 Å². The first-order valence-corrected chi connectivity index (χ1v) is 6.84. The van der Waals surface area contributed by atoms with Gasteiger partial charge in [0.05, 0.1) is 7.11 Å². The molecule has 1 heterocycles. The van der Waals surface area contributed by atoms with Crippen LogP contribution in [0.3, 0.4) is 0 Å². The van der Waals surface area contributed by atoms with Crippen LogP contribution in [0.5, 0.6) is 5.75 Å². The number of aromatic nitrogens is 2. The van der Waals surface area contributed by atoms with Gasteiger partial charge >= 0.3 is 6.09 Å². The van der Waals surface area contributed by atoms with Crippen LogP contribution in [0.25, 0.3) is 11.0 Å². The molecule has 3 aromatic rings. The summed E-state index contributed by atoms with van der Waals surface area (Å²) in [5.74, 6) is 0.693. The molecular weight excluding hydrogens is 314 g/mol. The molecule has 9 heteroatoms. The molecular formula is C15H13N5O4. The van der Waals surface area contributed by atoms with Crippen molar-refractivity contribution in [1.29, 1.82) is 0 Å². The number of anilines is 1. The molecule has 0 aliphatic heterocycles. The maximum absolute atomic E-state index is 11.7. The van der Waals surface area contributed by atoms with E-state index in [2.05, 4.69) is 25.4 Å². The second-order valence-corrected chi connectivity index (χ2v) is 4.68. The van der Waals surface area contributed by atoms with Crippen LogP contribution in [0.1, 0.15) is 5.56 Å². The number of benzene rings is 2. The summed E-state index contributed by atoms with van der Waals surface area (Å²) in [6.07, 6.45) is -0.771. The van der Waals surface area contributed by atoms with E-state index in [1.165, 1.54) is 0 Å². The predicted molar refractivity (Wildman–Crippen MR) is 85.6 cm³/mol. The van der Waals surface area contributed by atoms with Crippen molar-refractivity contribution in [2.24, 2.45) is 10.9 Å². The molecule has 0 atom stereocenters. The first-order valence-electron chi connectivity index (χ1n) is 6.84. The molecule has 122 valence electrons. The second kappa shape index (κ2) is 6.65. The lowest BCUT2D eigenvalue weighted by atomic mass is 10.2. The van der Waals surface area contributed by atoms with E-state index in [1.54, 1.807) is 49.6 Å². The molecule has 9 nitrogen and oxygen atoms in total. The molecule has 0 aliphatic carbocycles. The summed E-state index contributed by atoms with van der Waals surface area (Å²) in [7, 11) is 1.56. The number of amidine groups is 1. The smallest absolute Gasteiger partial charge is 0.437 e. The number of hydrogen-bond donors (Lipinski definition) is 2. The van der Waals surface area contributed by atoms with Crippen LogP contribution in [0.4, 0.5) is 10.5 Å². The number of hydrogen-bond acceptors (Lipinski definition) is 7. The monoisotopic (exact) mass is 327 g/mol. The lowest BCUT2D eigenvalue weighted by Crippen LogP contribution is -2.17. The number of rotatable bonds is 4. The minimum atomic E-state index is -0.771. The van der Waals surface area contributed by atoms with Crippen LogP contribution in [-0.2, 0) is 4.84 Å². The zero-order valence-corrected chi connectivity index (χ0v) is 12.6. The lowest BCUT2D eigenvalue weighted by Gasteiger charge is -2.05. The van der Waals surface area contributed by atoms with Gasteiger partial charge in [-0.05, 0) is 52.8 Å². The van der Waals surface area contributed by atoms with Crippen molar-refractivity contribution in [1.82, 2.24) is 10.3 Å². The van der Waals surface area contributed by atoms with Gasteiger partial charge in [0.15, 0.2) is 5.84 Å². The number of fused-ring (bicyclic) bond motifs is 1. The van der Waals surface area contributed by atoms with Crippen molar-refractivity contribution < 1.29 is 19.0 Å². The van der Waals surface area contributed by atoms with Crippen molar-refractivity contribution in [3.05, 3.63) is 48.0 Å². The molecule has 0 fully saturated rings. The molecule has 1 aromatic heterocycles. The molecule has 0 radical (unpaired) electrons. The third kappa shape index (κ3) is 3.40. The molecule has 0 aliphatic rings. The van der Waals surface area contributed by atoms with E-state index in [0.717, 1.165) is 0 Å². The van der Waals surface area contributed by atoms with Gasteiger partial charge in [-0.3, -0.25) is 10.2 Å². The Morgan fingerprint density at radius 1 is 1.17 bits per heavy atom. The summed E-state index contributed by atoms with van der Waals surface area (Å²) in [4.78, 5) is 16.4. The quantitative estimate of drug-likeness (QED) is 0.325. The van der Waals surface area contributed by atoms with E-state index in [9.17, 15) is 4.79 Å². The lowest BCUT2D eigenvalue weighted by molar-refractivity contribution is 0.166. The molecule has 0 spiro atoms. The fraction of sp³-hybridized carbons (Fsp3) is 0.0667. The molecule has 0 bridgehead atoms. The molecule has 1 amide bonds. The first-order chi connectivity index (χ1) is 11.7. The van der Waals surface area contributed by atoms with Crippen molar-refractivity contribution in [2.75, 3.05) is 12.4 Å². The summed E-state index contributed by atoms with van der Waals surface area (Å²) in [5, 5.41) is 13.5. The number of ether oxygens (including phenoxy) is 1. The fourth-order valence-electron chi connectivity index (χ4n) is 1.90. The van der Waals surface area contributed by atoms with E-state index in [4.69, 9.17) is 15.3 Å². The van der Waals surface area contributed by atoms with E-state index >= 15 is 0 Å². The summed E-state index contributed by atoms with van der Waals surface area (Å²) >= 11 is 0. The Morgan fingerprint density at radius 3 is 2.67 bits per heavy atom. The van der Waals surface area contributed by atoms with E-state index < -0.39 is 6.09 Å². The van der Waals surface area contributed by atoms with Gasteiger partial charge in [-0.1, -0.05) is 5.16 Å². The van der Waals surface area contributed by atoms with Crippen LogP contribution in [0.2, 0.25) is 0 Å². The number of methoxy groups -OCH3 is 1. The molecule has 3 rings (SSSR count). The number of nitrogens with two attached hydrogens (primary N) is 1. The predicted octanol–water partition coefficient (Wildman–Crippen LogP) is 2.10. The Bertz CT molecular complexity index is 888. The van der Waals surface area contributed by atoms with Gasteiger partial charge in [-0.25, -0.2) is 9.42 Å². The summed E-state index contributed by atoms with van der Waals surface area (Å²) in [5.41, 5.74) is 7.95. The van der Waals surface area contributed by atoms with E-state index in [1.807, 2.05) is 0 Å². The molecule has 0 saturated heterocycles. The van der Waals surface area contributed by atoms with Gasteiger partial charge in [0.1, 0.15) is 16.8 Å². The van der Waals surface area contributed by atoms with Crippen molar-refractivity contribution in [3.8, 4) is 5.75 Å². The highest BCUT2D eigenvalue weighted by atomic mass is 16.7. The Hall–Kier alpha value is -3.62. The molecule has 0 saturated carbocycles. The number of oxime groups is 1. The normalized spacial score (nSPS) is 11.3. The third-order valence-electron chi connectivity index (χ3n) is 3.11. The van der Waals surface area contributed by atoms with Gasteiger partial charge in [-0.2, -0.15) is 0 Å². The third-order valence-corrected chi connectivity index (χ3v) is 3.11. The van der Waals surface area contributed by atoms with Gasteiger partial charge < -0.3 is 10.5 Å². The SMILES string of the molecule is COc1ccc(NC(=O)O/N=C(\N)c2ccc3nonc3c2)cc1. The van der Waals surface area contributed by atoms with Crippen LogP contribution in [0.15, 0.2) is 52.2 Å². The molecule has 3 N–H and O–H groups in total. The van der Waals surface area contributed by atoms with Crippen LogP contribution < -0.4 is 15.8 Å². The second-order valence-electron chi connectivity index (χ2n) is 4.68. The van der Waals surface area contributed by atoms with E-state index in [-0.39, 0.29) is 5.84 Å². The largest absolute Gasteiger partial charge is 0.497 e. The number of carbonyl (C=O) groups is 1. The zero-order chi connectivity index (χ0) is 16.9. The Balaban J connectivity index is 1.63. The Morgan fingerprint density at radius 2 is 1.92 bits per heavy atom. The van der Waals surface area contributed by atoms with E-state index in [0.29, 0.717) is 28.0 Å². The minimum Gasteiger partial charge on any atom is -0.497 e. The van der Waals surface area contributed by atoms with Crippen LogP contribution >= 0.6 is 0 Å². The Labute approximate surface area is 136 Å². The maximum atomic E-state index is 11.7. The first kappa shape index (κ1) is 15.3. The number of carbonyl (C=O) groups excluding carboxylic acids is 1. The van der Waals surface area contributed by atoms with Gasteiger partial charge in [0.2, 0.25) is 0 Å². The Kier molecular flexibility index (Phi) is 4.23. The van der Waals surface area contributed by atoms with Crippen molar-refractivity contribution >= 4 is 28.6 Å². The molecule has 0 unspecified atom stereocenters. The average molecular weight is 327 g/mol. The molecule has 2 aromatic carbocycles. The highest BCUT2D eigenvalue weighted by Crippen LogP contribution is 2.15. The van der Waals surface area contributed by atoms with Crippen molar-refractivity contribution in [3.63, 3.8) is 0 Å². The average Bonchev–Trinajstić information content (AvgIpc) is 3.08. The summed E-state index contributed by atoms with van der Waals surface area (Å²) in [6, 6.07) is 11.7. The zero-order valence-electron chi connectivity index (χ0n) is 12.6. The number of amides is 1. The van der Waals surface area contributed by atoms with Crippen LogP contribution in [0, 0.1) is 0 Å². The van der Waals surface area contributed by atoms with Gasteiger partial charge in [0, 0.05) is 11.3 Å². The van der Waals surface area contributed by atoms with Gasteiger partial charge in [-0.15, -0.1) is 0 Å².